The summed E-state index contributed by atoms with van der Waals surface area (Å²) in [5.74, 6) is 0.638. The van der Waals surface area contributed by atoms with Gasteiger partial charge in [0.05, 0.1) is 23.8 Å². The fraction of sp³-hybridized carbons (Fsp3) is 0.154. The molecule has 0 saturated heterocycles. The predicted molar refractivity (Wildman–Crippen MR) is 73.1 cm³/mol. The van der Waals surface area contributed by atoms with Crippen LogP contribution in [0.5, 0.6) is 17.4 Å². The van der Waals surface area contributed by atoms with Gasteiger partial charge in [0.25, 0.3) is 0 Å². The fourth-order valence-electron chi connectivity index (χ4n) is 1.61. The number of nitrogen functional groups attached to an aromatic ring is 1. The summed E-state index contributed by atoms with van der Waals surface area (Å²) in [6.45, 7) is 1.82. The highest BCUT2D eigenvalue weighted by atomic mass is 16.6. The standard InChI is InChI=1S/C13H13N3O4/c1-8-5-6-15-13(12(8)14)20-9-3-4-11(19-2)10(7-9)16(17)18/h3-7H,14H2,1-2H3. The molecule has 7 nitrogen and oxygen atoms in total. The molecular formula is C13H13N3O4. The molecule has 0 saturated carbocycles. The highest BCUT2D eigenvalue weighted by Crippen LogP contribution is 2.34. The molecule has 7 heteroatoms. The molecule has 0 aliphatic heterocycles. The number of nitrogens with two attached hydrogens (primary N) is 1. The number of ether oxygens (including phenoxy) is 2. The number of hydrogen-bond donors (Lipinski definition) is 1. The van der Waals surface area contributed by atoms with Crippen LogP contribution in [0.3, 0.4) is 0 Å². The van der Waals surface area contributed by atoms with E-state index in [1.165, 1.54) is 19.2 Å². The number of nitro benzene ring substituents is 1. The monoisotopic (exact) mass is 275 g/mol. The average Bonchev–Trinajstić information content (AvgIpc) is 2.43. The van der Waals surface area contributed by atoms with Crippen LogP contribution >= 0.6 is 0 Å². The van der Waals surface area contributed by atoms with Gasteiger partial charge >= 0.3 is 5.69 Å². The quantitative estimate of drug-likeness (QED) is 0.680. The van der Waals surface area contributed by atoms with Crippen LogP contribution < -0.4 is 15.2 Å². The van der Waals surface area contributed by atoms with Crippen LogP contribution in [0.1, 0.15) is 5.56 Å². The molecule has 0 radical (unpaired) electrons. The molecule has 2 aromatic rings. The Labute approximate surface area is 115 Å². The summed E-state index contributed by atoms with van der Waals surface area (Å²) in [6.07, 6.45) is 1.55. The molecule has 0 atom stereocenters. The Bertz CT molecular complexity index is 658. The van der Waals surface area contributed by atoms with E-state index in [-0.39, 0.29) is 23.1 Å². The van der Waals surface area contributed by atoms with Gasteiger partial charge in [-0.1, -0.05) is 0 Å². The molecular weight excluding hydrogens is 262 g/mol. The van der Waals surface area contributed by atoms with Crippen molar-refractivity contribution in [3.8, 4) is 17.4 Å². The minimum Gasteiger partial charge on any atom is -0.490 e. The van der Waals surface area contributed by atoms with Gasteiger partial charge in [0, 0.05) is 6.20 Å². The summed E-state index contributed by atoms with van der Waals surface area (Å²) >= 11 is 0. The van der Waals surface area contributed by atoms with E-state index in [1.807, 2.05) is 6.92 Å². The highest BCUT2D eigenvalue weighted by molar-refractivity contribution is 5.56. The minimum atomic E-state index is -0.543. The first-order valence-electron chi connectivity index (χ1n) is 5.74. The van der Waals surface area contributed by atoms with E-state index in [2.05, 4.69) is 4.98 Å². The van der Waals surface area contributed by atoms with Crippen LogP contribution in [0.4, 0.5) is 11.4 Å². The number of anilines is 1. The van der Waals surface area contributed by atoms with Crippen molar-refractivity contribution in [2.45, 2.75) is 6.92 Å². The first-order valence-corrected chi connectivity index (χ1v) is 5.74. The highest BCUT2D eigenvalue weighted by Gasteiger charge is 2.17. The number of aromatic nitrogens is 1. The second kappa shape index (κ2) is 5.43. The number of rotatable bonds is 4. The Hall–Kier alpha value is -2.83. The third-order valence-electron chi connectivity index (χ3n) is 2.73. The molecule has 1 aromatic carbocycles. The molecule has 0 spiro atoms. The first-order chi connectivity index (χ1) is 9.52. The van der Waals surface area contributed by atoms with Gasteiger partial charge < -0.3 is 15.2 Å². The normalized spacial score (nSPS) is 10.1. The fourth-order valence-corrected chi connectivity index (χ4v) is 1.61. The second-order valence-corrected chi connectivity index (χ2v) is 4.04. The van der Waals surface area contributed by atoms with E-state index in [0.29, 0.717) is 5.69 Å². The number of methoxy groups -OCH3 is 1. The average molecular weight is 275 g/mol. The lowest BCUT2D eigenvalue weighted by Crippen LogP contribution is -1.98. The van der Waals surface area contributed by atoms with Gasteiger partial charge in [-0.05, 0) is 30.7 Å². The zero-order valence-electron chi connectivity index (χ0n) is 11.0. The van der Waals surface area contributed by atoms with E-state index in [0.717, 1.165) is 5.56 Å². The molecule has 20 heavy (non-hydrogen) atoms. The van der Waals surface area contributed by atoms with E-state index < -0.39 is 4.92 Å². The van der Waals surface area contributed by atoms with Gasteiger partial charge in [0.2, 0.25) is 5.88 Å². The molecule has 0 unspecified atom stereocenters. The van der Waals surface area contributed by atoms with Gasteiger partial charge in [-0.3, -0.25) is 10.1 Å². The van der Waals surface area contributed by atoms with Crippen LogP contribution in [0.15, 0.2) is 30.5 Å². The van der Waals surface area contributed by atoms with Crippen molar-refractivity contribution >= 4 is 11.4 Å². The number of aryl methyl sites for hydroxylation is 1. The van der Waals surface area contributed by atoms with Crippen molar-refractivity contribution in [2.24, 2.45) is 0 Å². The lowest BCUT2D eigenvalue weighted by atomic mass is 10.2. The SMILES string of the molecule is COc1ccc(Oc2nccc(C)c2N)cc1[N+](=O)[O-]. The van der Waals surface area contributed by atoms with Gasteiger partial charge in [-0.25, -0.2) is 4.98 Å². The van der Waals surface area contributed by atoms with Crippen LogP contribution in [0, 0.1) is 17.0 Å². The Morgan fingerprint density at radius 3 is 2.75 bits per heavy atom. The first kappa shape index (κ1) is 13.6. The Morgan fingerprint density at radius 1 is 1.35 bits per heavy atom. The summed E-state index contributed by atoms with van der Waals surface area (Å²) < 4.78 is 10.4. The van der Waals surface area contributed by atoms with Crippen molar-refractivity contribution in [3.05, 3.63) is 46.1 Å². The summed E-state index contributed by atoms with van der Waals surface area (Å²) in [4.78, 5) is 14.4. The number of nitrogens with zero attached hydrogens (tertiary/aromatic N) is 2. The molecule has 104 valence electrons. The second-order valence-electron chi connectivity index (χ2n) is 4.04. The maximum absolute atomic E-state index is 10.9. The molecule has 0 aliphatic rings. The van der Waals surface area contributed by atoms with Crippen LogP contribution in [-0.4, -0.2) is 17.0 Å². The van der Waals surface area contributed by atoms with Crippen molar-refractivity contribution in [1.29, 1.82) is 0 Å². The number of pyridine rings is 1. The lowest BCUT2D eigenvalue weighted by molar-refractivity contribution is -0.385. The van der Waals surface area contributed by atoms with E-state index >= 15 is 0 Å². The largest absolute Gasteiger partial charge is 0.490 e. The molecule has 2 rings (SSSR count). The third kappa shape index (κ3) is 2.61. The summed E-state index contributed by atoms with van der Waals surface area (Å²) in [5, 5.41) is 10.9. The summed E-state index contributed by atoms with van der Waals surface area (Å²) in [5.41, 5.74) is 6.87. The van der Waals surface area contributed by atoms with Crippen LogP contribution in [0.25, 0.3) is 0 Å². The van der Waals surface area contributed by atoms with E-state index in [4.69, 9.17) is 15.2 Å². The van der Waals surface area contributed by atoms with Crippen LogP contribution in [-0.2, 0) is 0 Å². The summed E-state index contributed by atoms with van der Waals surface area (Å²) in [7, 11) is 1.36. The van der Waals surface area contributed by atoms with Crippen molar-refractivity contribution in [3.63, 3.8) is 0 Å². The molecule has 0 bridgehead atoms. The van der Waals surface area contributed by atoms with Gasteiger partial charge in [-0.2, -0.15) is 0 Å². The third-order valence-corrected chi connectivity index (χ3v) is 2.73. The van der Waals surface area contributed by atoms with Gasteiger partial charge in [-0.15, -0.1) is 0 Å². The molecule has 0 amide bonds. The van der Waals surface area contributed by atoms with Crippen molar-refractivity contribution in [2.75, 3.05) is 12.8 Å². The molecule has 0 fully saturated rings. The number of benzene rings is 1. The minimum absolute atomic E-state index is 0.160. The van der Waals surface area contributed by atoms with E-state index in [1.54, 1.807) is 18.3 Å². The Balaban J connectivity index is 2.37. The molecule has 2 N–H and O–H groups in total. The summed E-state index contributed by atoms with van der Waals surface area (Å²) in [6, 6.07) is 6.02. The number of hydrogen-bond acceptors (Lipinski definition) is 6. The zero-order valence-corrected chi connectivity index (χ0v) is 11.0. The Morgan fingerprint density at radius 2 is 2.10 bits per heavy atom. The smallest absolute Gasteiger partial charge is 0.314 e. The maximum Gasteiger partial charge on any atom is 0.314 e. The molecule has 0 aliphatic carbocycles. The van der Waals surface area contributed by atoms with Gasteiger partial charge in [0.1, 0.15) is 5.75 Å². The molecule has 1 heterocycles. The van der Waals surface area contributed by atoms with Crippen LogP contribution in [0.2, 0.25) is 0 Å². The maximum atomic E-state index is 10.9. The van der Waals surface area contributed by atoms with Gasteiger partial charge in [0.15, 0.2) is 5.75 Å². The topological polar surface area (TPSA) is 101 Å². The predicted octanol–water partition coefficient (Wildman–Crippen LogP) is 2.68. The Kier molecular flexibility index (Phi) is 3.69. The van der Waals surface area contributed by atoms with E-state index in [9.17, 15) is 10.1 Å². The van der Waals surface area contributed by atoms with Crippen molar-refractivity contribution in [1.82, 2.24) is 4.98 Å². The number of nitro groups is 1. The van der Waals surface area contributed by atoms with Crippen molar-refractivity contribution < 1.29 is 14.4 Å². The molecule has 1 aromatic heterocycles. The lowest BCUT2D eigenvalue weighted by Gasteiger charge is -2.09. The zero-order chi connectivity index (χ0) is 14.7.